The van der Waals surface area contributed by atoms with Crippen molar-refractivity contribution < 1.29 is 0 Å². The van der Waals surface area contributed by atoms with Crippen LogP contribution in [-0.4, -0.2) is 23.5 Å². The predicted octanol–water partition coefficient (Wildman–Crippen LogP) is 2.52. The molecule has 2 rings (SSSR count). The molecule has 0 unspecified atom stereocenters. The molecule has 0 bridgehead atoms. The predicted molar refractivity (Wildman–Crippen MR) is 49.7 cm³/mol. The van der Waals surface area contributed by atoms with Crippen LogP contribution in [0.15, 0.2) is 0 Å². The fourth-order valence-electron chi connectivity index (χ4n) is 2.81. The molecule has 1 heteroatoms. The summed E-state index contributed by atoms with van der Waals surface area (Å²) in [5, 5.41) is 0. The molecule has 0 spiro atoms. The van der Waals surface area contributed by atoms with Crippen molar-refractivity contribution in [3.05, 3.63) is 0 Å². The van der Waals surface area contributed by atoms with Crippen LogP contribution in [0.25, 0.3) is 0 Å². The Hall–Kier alpha value is -0.0400. The van der Waals surface area contributed by atoms with Crippen molar-refractivity contribution in [3.63, 3.8) is 0 Å². The molecule has 2 saturated heterocycles. The van der Waals surface area contributed by atoms with E-state index in [9.17, 15) is 0 Å². The molecule has 2 aliphatic heterocycles. The SMILES string of the molecule is C.C[C@H]1CN2CCC[C@@]2(C)C1. The van der Waals surface area contributed by atoms with Crippen LogP contribution in [0.1, 0.15) is 40.5 Å². The van der Waals surface area contributed by atoms with Crippen molar-refractivity contribution in [1.82, 2.24) is 4.90 Å². The van der Waals surface area contributed by atoms with Crippen LogP contribution >= 0.6 is 0 Å². The summed E-state index contributed by atoms with van der Waals surface area (Å²) >= 11 is 0. The third-order valence-corrected chi connectivity index (χ3v) is 3.23. The highest BCUT2D eigenvalue weighted by molar-refractivity contribution is 4.98. The monoisotopic (exact) mass is 155 g/mol. The van der Waals surface area contributed by atoms with Crippen LogP contribution in [0.2, 0.25) is 0 Å². The highest BCUT2D eigenvalue weighted by atomic mass is 15.2. The maximum Gasteiger partial charge on any atom is 0.0185 e. The quantitative estimate of drug-likeness (QED) is 0.519. The number of hydrogen-bond acceptors (Lipinski definition) is 1. The third kappa shape index (κ3) is 1.31. The zero-order valence-corrected chi connectivity index (χ0v) is 7.06. The topological polar surface area (TPSA) is 3.24 Å². The fraction of sp³-hybridized carbons (Fsp3) is 1.00. The molecule has 0 aromatic carbocycles. The van der Waals surface area contributed by atoms with E-state index in [0.717, 1.165) is 5.92 Å². The van der Waals surface area contributed by atoms with Gasteiger partial charge >= 0.3 is 0 Å². The van der Waals surface area contributed by atoms with Gasteiger partial charge in [0.05, 0.1) is 0 Å². The van der Waals surface area contributed by atoms with Gasteiger partial charge in [0.15, 0.2) is 0 Å². The maximum atomic E-state index is 2.68. The second kappa shape index (κ2) is 2.78. The Morgan fingerprint density at radius 2 is 2.18 bits per heavy atom. The van der Waals surface area contributed by atoms with Crippen LogP contribution < -0.4 is 0 Å². The third-order valence-electron chi connectivity index (χ3n) is 3.23. The van der Waals surface area contributed by atoms with Crippen LogP contribution in [0, 0.1) is 5.92 Å². The van der Waals surface area contributed by atoms with Crippen molar-refractivity contribution in [3.8, 4) is 0 Å². The van der Waals surface area contributed by atoms with Gasteiger partial charge in [0.1, 0.15) is 0 Å². The van der Waals surface area contributed by atoms with Crippen molar-refractivity contribution in [2.24, 2.45) is 5.92 Å². The lowest BCUT2D eigenvalue weighted by atomic mass is 9.93. The lowest BCUT2D eigenvalue weighted by molar-refractivity contribution is 0.218. The minimum Gasteiger partial charge on any atom is -0.298 e. The smallest absolute Gasteiger partial charge is 0.0185 e. The number of nitrogens with zero attached hydrogens (tertiary/aromatic N) is 1. The van der Waals surface area contributed by atoms with E-state index in [1.807, 2.05) is 0 Å². The van der Waals surface area contributed by atoms with Gasteiger partial charge < -0.3 is 0 Å². The molecule has 0 radical (unpaired) electrons. The molecule has 0 aliphatic carbocycles. The highest BCUT2D eigenvalue weighted by Gasteiger charge is 2.42. The molecule has 0 amide bonds. The Bertz CT molecular complexity index is 144. The lowest BCUT2D eigenvalue weighted by Gasteiger charge is -2.26. The average Bonchev–Trinajstić information content (AvgIpc) is 2.20. The largest absolute Gasteiger partial charge is 0.298 e. The molecule has 11 heavy (non-hydrogen) atoms. The first kappa shape index (κ1) is 9.05. The normalized spacial score (nSPS) is 43.6. The van der Waals surface area contributed by atoms with E-state index >= 15 is 0 Å². The van der Waals surface area contributed by atoms with E-state index in [4.69, 9.17) is 0 Å². The van der Waals surface area contributed by atoms with Gasteiger partial charge in [-0.15, -0.1) is 0 Å². The summed E-state index contributed by atoms with van der Waals surface area (Å²) in [5.41, 5.74) is 0.611. The van der Waals surface area contributed by atoms with Crippen molar-refractivity contribution in [1.29, 1.82) is 0 Å². The van der Waals surface area contributed by atoms with Crippen LogP contribution in [0.5, 0.6) is 0 Å². The summed E-state index contributed by atoms with van der Waals surface area (Å²) < 4.78 is 0. The molecule has 2 heterocycles. The Balaban J connectivity index is 0.000000605. The average molecular weight is 155 g/mol. The highest BCUT2D eigenvalue weighted by Crippen LogP contribution is 2.40. The minimum absolute atomic E-state index is 0. The fourth-order valence-corrected chi connectivity index (χ4v) is 2.81. The van der Waals surface area contributed by atoms with Crippen molar-refractivity contribution in [2.75, 3.05) is 13.1 Å². The number of rotatable bonds is 0. The maximum absolute atomic E-state index is 2.68. The van der Waals surface area contributed by atoms with Crippen molar-refractivity contribution in [2.45, 2.75) is 46.1 Å². The lowest BCUT2D eigenvalue weighted by Crippen LogP contribution is -2.34. The molecule has 2 aliphatic rings. The first-order valence-corrected chi connectivity index (χ1v) is 4.46. The molecule has 0 N–H and O–H groups in total. The van der Waals surface area contributed by atoms with Gasteiger partial charge in [0, 0.05) is 12.1 Å². The van der Waals surface area contributed by atoms with E-state index in [1.54, 1.807) is 0 Å². The second-order valence-electron chi connectivity index (χ2n) is 4.36. The summed E-state index contributed by atoms with van der Waals surface area (Å²) in [4.78, 5) is 2.68. The summed E-state index contributed by atoms with van der Waals surface area (Å²) in [6, 6.07) is 0. The summed E-state index contributed by atoms with van der Waals surface area (Å²) in [7, 11) is 0. The summed E-state index contributed by atoms with van der Waals surface area (Å²) in [6.45, 7) is 7.53. The molecular formula is C10H21N. The Labute approximate surface area is 70.8 Å². The molecule has 0 saturated carbocycles. The zero-order valence-electron chi connectivity index (χ0n) is 7.06. The number of fused-ring (bicyclic) bond motifs is 1. The van der Waals surface area contributed by atoms with Crippen LogP contribution in [0.3, 0.4) is 0 Å². The van der Waals surface area contributed by atoms with Crippen LogP contribution in [0.4, 0.5) is 0 Å². The van der Waals surface area contributed by atoms with Crippen molar-refractivity contribution >= 4 is 0 Å². The summed E-state index contributed by atoms with van der Waals surface area (Å²) in [5.74, 6) is 0.949. The molecule has 2 fully saturated rings. The van der Waals surface area contributed by atoms with Gasteiger partial charge in [-0.05, 0) is 38.6 Å². The van der Waals surface area contributed by atoms with E-state index in [0.29, 0.717) is 5.54 Å². The second-order valence-corrected chi connectivity index (χ2v) is 4.36. The number of hydrogen-bond donors (Lipinski definition) is 0. The van der Waals surface area contributed by atoms with Gasteiger partial charge in [-0.2, -0.15) is 0 Å². The summed E-state index contributed by atoms with van der Waals surface area (Å²) in [6.07, 6.45) is 4.31. The van der Waals surface area contributed by atoms with Gasteiger partial charge in [-0.3, -0.25) is 4.90 Å². The molecule has 2 atom stereocenters. The van der Waals surface area contributed by atoms with Gasteiger partial charge in [-0.1, -0.05) is 14.4 Å². The standard InChI is InChI=1S/C9H17N.CH4/c1-8-6-9(2)4-3-5-10(9)7-8;/h8H,3-7H2,1-2H3;1H4/t8-,9+;/m1./s1. The minimum atomic E-state index is 0. The molecule has 0 aromatic heterocycles. The zero-order chi connectivity index (χ0) is 7.19. The molecule has 66 valence electrons. The van der Waals surface area contributed by atoms with E-state index in [1.165, 1.54) is 32.4 Å². The molecule has 1 nitrogen and oxygen atoms in total. The first-order chi connectivity index (χ1) is 4.71. The Morgan fingerprint density at radius 1 is 1.45 bits per heavy atom. The Kier molecular flexibility index (Phi) is 2.29. The van der Waals surface area contributed by atoms with E-state index < -0.39 is 0 Å². The molecule has 0 aromatic rings. The van der Waals surface area contributed by atoms with Gasteiger partial charge in [0.25, 0.3) is 0 Å². The van der Waals surface area contributed by atoms with Gasteiger partial charge in [0.2, 0.25) is 0 Å². The van der Waals surface area contributed by atoms with Crippen LogP contribution in [-0.2, 0) is 0 Å². The first-order valence-electron chi connectivity index (χ1n) is 4.46. The Morgan fingerprint density at radius 3 is 2.82 bits per heavy atom. The van der Waals surface area contributed by atoms with E-state index in [-0.39, 0.29) is 7.43 Å². The van der Waals surface area contributed by atoms with Gasteiger partial charge in [-0.25, -0.2) is 0 Å². The van der Waals surface area contributed by atoms with E-state index in [2.05, 4.69) is 18.7 Å². The molecular weight excluding hydrogens is 134 g/mol.